The fraction of sp³-hybridized carbons (Fsp3) is 0.263. The van der Waals surface area contributed by atoms with Crippen molar-refractivity contribution in [2.45, 2.75) is 13.0 Å². The van der Waals surface area contributed by atoms with Crippen molar-refractivity contribution < 1.29 is 27.8 Å². The SMILES string of the molecule is CNC(=O)C(NC(=O)c1cc(OC)c(C)c(OC)c1)c1ccc(F)c(F)c1. The van der Waals surface area contributed by atoms with E-state index in [0.717, 1.165) is 12.1 Å². The van der Waals surface area contributed by atoms with E-state index in [2.05, 4.69) is 10.6 Å². The highest BCUT2D eigenvalue weighted by Gasteiger charge is 2.24. The molecule has 6 nitrogen and oxygen atoms in total. The maximum atomic E-state index is 13.6. The van der Waals surface area contributed by atoms with E-state index in [9.17, 15) is 18.4 Å². The molecule has 2 amide bonds. The predicted molar refractivity (Wildman–Crippen MR) is 94.9 cm³/mol. The maximum absolute atomic E-state index is 13.6. The van der Waals surface area contributed by atoms with Crippen molar-refractivity contribution in [2.75, 3.05) is 21.3 Å². The number of halogens is 2. The molecule has 2 rings (SSSR count). The molecule has 2 aromatic rings. The minimum atomic E-state index is -1.21. The molecular weight excluding hydrogens is 358 g/mol. The van der Waals surface area contributed by atoms with E-state index in [0.29, 0.717) is 17.1 Å². The second kappa shape index (κ2) is 8.48. The molecule has 0 saturated heterocycles. The number of methoxy groups -OCH3 is 2. The first kappa shape index (κ1) is 20.2. The van der Waals surface area contributed by atoms with Gasteiger partial charge in [0.1, 0.15) is 17.5 Å². The van der Waals surface area contributed by atoms with E-state index in [1.165, 1.54) is 39.5 Å². The van der Waals surface area contributed by atoms with E-state index in [4.69, 9.17) is 9.47 Å². The molecule has 0 aromatic heterocycles. The average molecular weight is 378 g/mol. The van der Waals surface area contributed by atoms with E-state index >= 15 is 0 Å². The van der Waals surface area contributed by atoms with Gasteiger partial charge in [-0.05, 0) is 36.8 Å². The fourth-order valence-electron chi connectivity index (χ4n) is 2.57. The molecule has 144 valence electrons. The lowest BCUT2D eigenvalue weighted by Crippen LogP contribution is -2.39. The third kappa shape index (κ3) is 4.33. The first-order valence-electron chi connectivity index (χ1n) is 8.02. The Balaban J connectivity index is 2.39. The summed E-state index contributed by atoms with van der Waals surface area (Å²) in [5.41, 5.74) is 0.999. The highest BCUT2D eigenvalue weighted by molar-refractivity contribution is 5.98. The minimum absolute atomic E-state index is 0.104. The Bertz CT molecular complexity index is 846. The highest BCUT2D eigenvalue weighted by Crippen LogP contribution is 2.29. The van der Waals surface area contributed by atoms with Crippen molar-refractivity contribution in [3.8, 4) is 11.5 Å². The Morgan fingerprint density at radius 3 is 2.07 bits per heavy atom. The monoisotopic (exact) mass is 378 g/mol. The molecule has 2 aromatic carbocycles. The van der Waals surface area contributed by atoms with Crippen LogP contribution in [0.5, 0.6) is 11.5 Å². The number of carbonyl (C=O) groups is 2. The summed E-state index contributed by atoms with van der Waals surface area (Å²) >= 11 is 0. The van der Waals surface area contributed by atoms with E-state index in [-0.39, 0.29) is 11.1 Å². The van der Waals surface area contributed by atoms with Gasteiger partial charge in [0.05, 0.1) is 14.2 Å². The molecule has 0 bridgehead atoms. The van der Waals surface area contributed by atoms with Gasteiger partial charge in [0.25, 0.3) is 5.91 Å². The van der Waals surface area contributed by atoms with Gasteiger partial charge in [-0.2, -0.15) is 0 Å². The lowest BCUT2D eigenvalue weighted by Gasteiger charge is -2.19. The van der Waals surface area contributed by atoms with E-state index < -0.39 is 29.5 Å². The number of rotatable bonds is 6. The number of carbonyl (C=O) groups excluding carboxylic acids is 2. The molecule has 8 heteroatoms. The predicted octanol–water partition coefficient (Wildman–Crippen LogP) is 2.51. The minimum Gasteiger partial charge on any atom is -0.496 e. The molecule has 0 spiro atoms. The third-order valence-corrected chi connectivity index (χ3v) is 4.08. The normalized spacial score (nSPS) is 11.5. The Labute approximate surface area is 155 Å². The van der Waals surface area contributed by atoms with Gasteiger partial charge in [-0.3, -0.25) is 9.59 Å². The highest BCUT2D eigenvalue weighted by atomic mass is 19.2. The van der Waals surface area contributed by atoms with Crippen LogP contribution in [0, 0.1) is 18.6 Å². The number of amides is 2. The number of benzene rings is 2. The second-order valence-electron chi connectivity index (χ2n) is 5.70. The van der Waals surface area contributed by atoms with Crippen LogP contribution in [-0.2, 0) is 4.79 Å². The van der Waals surface area contributed by atoms with Crippen LogP contribution in [0.4, 0.5) is 8.78 Å². The summed E-state index contributed by atoms with van der Waals surface area (Å²) in [6.45, 7) is 1.77. The molecule has 0 aliphatic carbocycles. The van der Waals surface area contributed by atoms with Gasteiger partial charge >= 0.3 is 0 Å². The van der Waals surface area contributed by atoms with Gasteiger partial charge in [-0.15, -0.1) is 0 Å². The molecule has 0 saturated carbocycles. The molecule has 2 N–H and O–H groups in total. The Morgan fingerprint density at radius 1 is 1.00 bits per heavy atom. The van der Waals surface area contributed by atoms with Crippen LogP contribution in [0.2, 0.25) is 0 Å². The van der Waals surface area contributed by atoms with Gasteiger partial charge < -0.3 is 20.1 Å². The summed E-state index contributed by atoms with van der Waals surface area (Å²) in [6, 6.07) is 4.78. The molecule has 1 unspecified atom stereocenters. The van der Waals surface area contributed by atoms with Crippen molar-refractivity contribution in [1.82, 2.24) is 10.6 Å². The lowest BCUT2D eigenvalue weighted by molar-refractivity contribution is -0.122. The average Bonchev–Trinajstić information content (AvgIpc) is 2.67. The number of ether oxygens (including phenoxy) is 2. The number of likely N-dealkylation sites (N-methyl/N-ethyl adjacent to an activating group) is 1. The summed E-state index contributed by atoms with van der Waals surface area (Å²) < 4.78 is 37.2. The Kier molecular flexibility index (Phi) is 6.33. The molecule has 0 radical (unpaired) electrons. The second-order valence-corrected chi connectivity index (χ2v) is 5.70. The lowest BCUT2D eigenvalue weighted by atomic mass is 10.0. The molecule has 0 aliphatic rings. The van der Waals surface area contributed by atoms with E-state index in [1.54, 1.807) is 6.92 Å². The standard InChI is InChI=1S/C19H20F2N2O4/c1-10-15(26-3)8-12(9-16(10)27-4)18(24)23-17(19(25)22-2)11-5-6-13(20)14(21)7-11/h5-9,17H,1-4H3,(H,22,25)(H,23,24). The van der Waals surface area contributed by atoms with Crippen molar-refractivity contribution >= 4 is 11.8 Å². The molecular formula is C19H20F2N2O4. The smallest absolute Gasteiger partial charge is 0.252 e. The zero-order valence-electron chi connectivity index (χ0n) is 15.4. The van der Waals surface area contributed by atoms with Crippen molar-refractivity contribution in [2.24, 2.45) is 0 Å². The van der Waals surface area contributed by atoms with E-state index in [1.807, 2.05) is 0 Å². The zero-order valence-corrected chi connectivity index (χ0v) is 15.4. The first-order valence-corrected chi connectivity index (χ1v) is 8.02. The van der Waals surface area contributed by atoms with Gasteiger partial charge in [-0.1, -0.05) is 6.07 Å². The topological polar surface area (TPSA) is 76.7 Å². The third-order valence-electron chi connectivity index (χ3n) is 4.08. The molecule has 0 heterocycles. The molecule has 1 atom stereocenters. The van der Waals surface area contributed by atoms with Gasteiger partial charge in [-0.25, -0.2) is 8.78 Å². The summed E-state index contributed by atoms with van der Waals surface area (Å²) in [7, 11) is 4.29. The van der Waals surface area contributed by atoms with Crippen LogP contribution in [0.15, 0.2) is 30.3 Å². The summed E-state index contributed by atoms with van der Waals surface area (Å²) in [6.07, 6.45) is 0. The summed E-state index contributed by atoms with van der Waals surface area (Å²) in [5.74, 6) is -2.49. The van der Waals surface area contributed by atoms with Crippen molar-refractivity contribution in [3.05, 3.63) is 58.7 Å². The van der Waals surface area contributed by atoms with Gasteiger partial charge in [0, 0.05) is 18.2 Å². The number of hydrogen-bond donors (Lipinski definition) is 2. The van der Waals surface area contributed by atoms with Crippen LogP contribution in [0.1, 0.15) is 27.5 Å². The maximum Gasteiger partial charge on any atom is 0.252 e. The van der Waals surface area contributed by atoms with Crippen LogP contribution in [0.3, 0.4) is 0 Å². The summed E-state index contributed by atoms with van der Waals surface area (Å²) in [4.78, 5) is 24.9. The fourth-order valence-corrected chi connectivity index (χ4v) is 2.57. The molecule has 27 heavy (non-hydrogen) atoms. The van der Waals surface area contributed by atoms with Gasteiger partial charge in [0.15, 0.2) is 11.6 Å². The van der Waals surface area contributed by atoms with Crippen LogP contribution >= 0.6 is 0 Å². The van der Waals surface area contributed by atoms with Crippen molar-refractivity contribution in [3.63, 3.8) is 0 Å². The largest absolute Gasteiger partial charge is 0.496 e. The quantitative estimate of drug-likeness (QED) is 0.810. The Hall–Kier alpha value is -3.16. The zero-order chi connectivity index (χ0) is 20.1. The van der Waals surface area contributed by atoms with Crippen LogP contribution < -0.4 is 20.1 Å². The molecule has 0 aliphatic heterocycles. The van der Waals surface area contributed by atoms with Crippen molar-refractivity contribution in [1.29, 1.82) is 0 Å². The van der Waals surface area contributed by atoms with Crippen LogP contribution in [0.25, 0.3) is 0 Å². The molecule has 0 fully saturated rings. The Morgan fingerprint density at radius 2 is 1.59 bits per heavy atom. The summed E-state index contributed by atoms with van der Waals surface area (Å²) in [5, 5.41) is 4.91. The number of nitrogens with one attached hydrogen (secondary N) is 2. The van der Waals surface area contributed by atoms with Crippen LogP contribution in [-0.4, -0.2) is 33.1 Å². The first-order chi connectivity index (χ1) is 12.8. The number of hydrogen-bond acceptors (Lipinski definition) is 4. The van der Waals surface area contributed by atoms with Gasteiger partial charge in [0.2, 0.25) is 5.91 Å².